The number of rotatable bonds is 2. The second kappa shape index (κ2) is 3.70. The molecule has 5 heteroatoms. The Bertz CT molecular complexity index is 508. The monoisotopic (exact) mass is 220 g/mol. The quantitative estimate of drug-likeness (QED) is 0.807. The molecule has 0 atom stereocenters. The van der Waals surface area contributed by atoms with Gasteiger partial charge in [-0.1, -0.05) is 12.1 Å². The van der Waals surface area contributed by atoms with Crippen molar-refractivity contribution in [1.29, 1.82) is 0 Å². The topological polar surface area (TPSA) is 76.2 Å². The first-order valence-electron chi connectivity index (χ1n) is 4.22. The SMILES string of the molecule is NC(=O)c1ncc(-c2ccccc2O)s1. The number of primary amides is 1. The summed E-state index contributed by atoms with van der Waals surface area (Å²) >= 11 is 1.16. The number of nitrogens with two attached hydrogens (primary N) is 1. The molecular formula is C10H8N2O2S. The number of hydrogen-bond acceptors (Lipinski definition) is 4. The Balaban J connectivity index is 2.46. The Morgan fingerprint density at radius 1 is 1.40 bits per heavy atom. The molecule has 15 heavy (non-hydrogen) atoms. The third kappa shape index (κ3) is 1.82. The maximum Gasteiger partial charge on any atom is 0.277 e. The molecule has 0 spiro atoms. The average Bonchev–Trinajstić information content (AvgIpc) is 2.67. The Morgan fingerprint density at radius 3 is 2.73 bits per heavy atom. The lowest BCUT2D eigenvalue weighted by Gasteiger charge is -1.98. The van der Waals surface area contributed by atoms with Gasteiger partial charge in [-0.15, -0.1) is 11.3 Å². The second-order valence-corrected chi connectivity index (χ2v) is 3.94. The fraction of sp³-hybridized carbons (Fsp3) is 0. The zero-order valence-electron chi connectivity index (χ0n) is 7.68. The van der Waals surface area contributed by atoms with Crippen molar-refractivity contribution in [3.8, 4) is 16.2 Å². The van der Waals surface area contributed by atoms with Crippen LogP contribution >= 0.6 is 11.3 Å². The molecule has 0 fully saturated rings. The molecule has 1 amide bonds. The molecule has 0 saturated heterocycles. The molecule has 1 aromatic carbocycles. The molecule has 4 nitrogen and oxygen atoms in total. The molecule has 2 rings (SSSR count). The normalized spacial score (nSPS) is 10.1. The van der Waals surface area contributed by atoms with E-state index in [0.717, 1.165) is 16.2 Å². The van der Waals surface area contributed by atoms with Gasteiger partial charge in [-0.2, -0.15) is 0 Å². The number of aromatic nitrogens is 1. The van der Waals surface area contributed by atoms with Crippen LogP contribution in [-0.4, -0.2) is 16.0 Å². The Kier molecular flexibility index (Phi) is 2.39. The summed E-state index contributed by atoms with van der Waals surface area (Å²) in [5.41, 5.74) is 5.74. The molecule has 0 bridgehead atoms. The number of phenolic OH excluding ortho intramolecular Hbond substituents is 1. The number of nitrogens with zero attached hydrogens (tertiary/aromatic N) is 1. The van der Waals surface area contributed by atoms with Crippen LogP contribution in [0.25, 0.3) is 10.4 Å². The fourth-order valence-corrected chi connectivity index (χ4v) is 2.00. The van der Waals surface area contributed by atoms with E-state index in [0.29, 0.717) is 5.56 Å². The van der Waals surface area contributed by atoms with Crippen molar-refractivity contribution >= 4 is 17.2 Å². The Hall–Kier alpha value is -1.88. The first kappa shape index (κ1) is 9.67. The largest absolute Gasteiger partial charge is 0.507 e. The van der Waals surface area contributed by atoms with Crippen LogP contribution in [0, 0.1) is 0 Å². The van der Waals surface area contributed by atoms with Gasteiger partial charge < -0.3 is 10.8 Å². The maximum absolute atomic E-state index is 10.8. The molecule has 0 aliphatic carbocycles. The molecule has 0 aliphatic rings. The summed E-state index contributed by atoms with van der Waals surface area (Å²) in [6.07, 6.45) is 1.53. The molecule has 2 aromatic rings. The molecule has 1 aromatic heterocycles. The lowest BCUT2D eigenvalue weighted by molar-refractivity contribution is 0.1000. The van der Waals surface area contributed by atoms with E-state index in [4.69, 9.17) is 5.73 Å². The van der Waals surface area contributed by atoms with Crippen molar-refractivity contribution in [3.05, 3.63) is 35.5 Å². The van der Waals surface area contributed by atoms with Gasteiger partial charge >= 0.3 is 0 Å². The number of amides is 1. The third-order valence-electron chi connectivity index (χ3n) is 1.89. The summed E-state index contributed by atoms with van der Waals surface area (Å²) in [6.45, 7) is 0. The van der Waals surface area contributed by atoms with E-state index >= 15 is 0 Å². The zero-order chi connectivity index (χ0) is 10.8. The maximum atomic E-state index is 10.8. The van der Waals surface area contributed by atoms with E-state index in [2.05, 4.69) is 4.98 Å². The minimum absolute atomic E-state index is 0.164. The van der Waals surface area contributed by atoms with Crippen molar-refractivity contribution in [3.63, 3.8) is 0 Å². The standard InChI is InChI=1S/C10H8N2O2S/c11-9(14)10-12-5-8(15-10)6-3-1-2-4-7(6)13/h1-5,13H,(H2,11,14). The van der Waals surface area contributed by atoms with Crippen molar-refractivity contribution in [2.75, 3.05) is 0 Å². The van der Waals surface area contributed by atoms with Crippen LogP contribution in [0.5, 0.6) is 5.75 Å². The molecule has 76 valence electrons. The minimum Gasteiger partial charge on any atom is -0.507 e. The van der Waals surface area contributed by atoms with Crippen LogP contribution in [-0.2, 0) is 0 Å². The highest BCUT2D eigenvalue weighted by atomic mass is 32.1. The smallest absolute Gasteiger partial charge is 0.277 e. The summed E-state index contributed by atoms with van der Waals surface area (Å²) in [7, 11) is 0. The number of phenols is 1. The van der Waals surface area contributed by atoms with Crippen molar-refractivity contribution < 1.29 is 9.90 Å². The number of carbonyl (C=O) groups is 1. The van der Waals surface area contributed by atoms with Crippen LogP contribution in [0.1, 0.15) is 9.80 Å². The van der Waals surface area contributed by atoms with Crippen LogP contribution in [0.4, 0.5) is 0 Å². The summed E-state index contributed by atoms with van der Waals surface area (Å²) in [4.78, 5) is 15.4. The second-order valence-electron chi connectivity index (χ2n) is 2.91. The predicted octanol–water partition coefficient (Wildman–Crippen LogP) is 1.61. The van der Waals surface area contributed by atoms with Crippen molar-refractivity contribution in [2.45, 2.75) is 0 Å². The van der Waals surface area contributed by atoms with Gasteiger partial charge in [0.25, 0.3) is 5.91 Å². The first-order valence-corrected chi connectivity index (χ1v) is 5.04. The van der Waals surface area contributed by atoms with Crippen molar-refractivity contribution in [1.82, 2.24) is 4.98 Å². The molecular weight excluding hydrogens is 212 g/mol. The van der Waals surface area contributed by atoms with Crippen molar-refractivity contribution in [2.24, 2.45) is 5.73 Å². The highest BCUT2D eigenvalue weighted by Crippen LogP contribution is 2.32. The molecule has 0 unspecified atom stereocenters. The number of para-hydroxylation sites is 1. The number of thiazole rings is 1. The average molecular weight is 220 g/mol. The zero-order valence-corrected chi connectivity index (χ0v) is 8.49. The summed E-state index contributed by atoms with van der Waals surface area (Å²) < 4.78 is 0. The van der Waals surface area contributed by atoms with Gasteiger partial charge in [-0.05, 0) is 12.1 Å². The van der Waals surface area contributed by atoms with Gasteiger partial charge in [0.05, 0.1) is 4.88 Å². The lowest BCUT2D eigenvalue weighted by atomic mass is 10.2. The van der Waals surface area contributed by atoms with Crippen LogP contribution in [0.2, 0.25) is 0 Å². The number of benzene rings is 1. The van der Waals surface area contributed by atoms with Crippen LogP contribution < -0.4 is 5.73 Å². The van der Waals surface area contributed by atoms with Gasteiger partial charge in [0.2, 0.25) is 0 Å². The number of hydrogen-bond donors (Lipinski definition) is 2. The predicted molar refractivity (Wildman–Crippen MR) is 57.7 cm³/mol. The molecule has 3 N–H and O–H groups in total. The van der Waals surface area contributed by atoms with Gasteiger partial charge in [0.1, 0.15) is 5.75 Å². The molecule has 1 heterocycles. The Labute approximate surface area is 90.0 Å². The number of carbonyl (C=O) groups excluding carboxylic acids is 1. The van der Waals surface area contributed by atoms with E-state index in [1.807, 2.05) is 0 Å². The van der Waals surface area contributed by atoms with Gasteiger partial charge in [0.15, 0.2) is 5.01 Å². The van der Waals surface area contributed by atoms with E-state index < -0.39 is 5.91 Å². The van der Waals surface area contributed by atoms with Crippen LogP contribution in [0.15, 0.2) is 30.5 Å². The van der Waals surface area contributed by atoms with Gasteiger partial charge in [0, 0.05) is 11.8 Å². The van der Waals surface area contributed by atoms with E-state index in [1.165, 1.54) is 6.20 Å². The highest BCUT2D eigenvalue weighted by Gasteiger charge is 2.10. The molecule has 0 aliphatic heterocycles. The first-order chi connectivity index (χ1) is 7.18. The lowest BCUT2D eigenvalue weighted by Crippen LogP contribution is -2.09. The summed E-state index contributed by atoms with van der Waals surface area (Å²) in [5.74, 6) is -0.390. The molecule has 0 saturated carbocycles. The van der Waals surface area contributed by atoms with E-state index in [1.54, 1.807) is 24.3 Å². The van der Waals surface area contributed by atoms with E-state index in [-0.39, 0.29) is 10.8 Å². The summed E-state index contributed by atoms with van der Waals surface area (Å²) in [6, 6.07) is 6.88. The van der Waals surface area contributed by atoms with Crippen LogP contribution in [0.3, 0.4) is 0 Å². The van der Waals surface area contributed by atoms with Gasteiger partial charge in [-0.3, -0.25) is 4.79 Å². The van der Waals surface area contributed by atoms with Gasteiger partial charge in [-0.25, -0.2) is 4.98 Å². The minimum atomic E-state index is -0.554. The number of aromatic hydroxyl groups is 1. The van der Waals surface area contributed by atoms with E-state index in [9.17, 15) is 9.90 Å². The third-order valence-corrected chi connectivity index (χ3v) is 2.93. The summed E-state index contributed by atoms with van der Waals surface area (Å²) in [5, 5.41) is 9.82. The fourth-order valence-electron chi connectivity index (χ4n) is 1.19. The Morgan fingerprint density at radius 2 is 2.13 bits per heavy atom. The molecule has 0 radical (unpaired) electrons. The highest BCUT2D eigenvalue weighted by molar-refractivity contribution is 7.17.